The summed E-state index contributed by atoms with van der Waals surface area (Å²) >= 11 is 0. The van der Waals surface area contributed by atoms with Gasteiger partial charge >= 0.3 is 0 Å². The molecule has 14 heavy (non-hydrogen) atoms. The van der Waals surface area contributed by atoms with Crippen molar-refractivity contribution in [2.24, 2.45) is 5.73 Å². The molecule has 0 aliphatic carbocycles. The monoisotopic (exact) mass is 182 g/mol. The Hall–Kier alpha value is -1.60. The Bertz CT molecular complexity index is 389. The smallest absolute Gasteiger partial charge is 0.0178 e. The third kappa shape index (κ3) is 1.83. The van der Waals surface area contributed by atoms with Crippen LogP contribution in [0.5, 0.6) is 0 Å². The lowest BCUT2D eigenvalue weighted by Gasteiger charge is -2.02. The molecule has 0 aliphatic rings. The largest absolute Gasteiger partial charge is 0.326 e. The molecule has 0 fully saturated rings. The van der Waals surface area contributed by atoms with E-state index in [1.807, 2.05) is 12.1 Å². The van der Waals surface area contributed by atoms with Crippen LogP contribution < -0.4 is 5.73 Å². The summed E-state index contributed by atoms with van der Waals surface area (Å²) in [6, 6.07) is 19.3. The second kappa shape index (κ2) is 4.07. The second-order valence-electron chi connectivity index (χ2n) is 3.19. The van der Waals surface area contributed by atoms with Gasteiger partial charge < -0.3 is 5.73 Å². The van der Waals surface area contributed by atoms with Crippen molar-refractivity contribution in [1.29, 1.82) is 0 Å². The van der Waals surface area contributed by atoms with Gasteiger partial charge in [0.25, 0.3) is 0 Å². The van der Waals surface area contributed by atoms with E-state index in [1.165, 1.54) is 11.1 Å². The first-order chi connectivity index (χ1) is 6.90. The summed E-state index contributed by atoms with van der Waals surface area (Å²) in [5, 5.41) is 0. The Morgan fingerprint density at radius 2 is 1.43 bits per heavy atom. The average Bonchev–Trinajstić information content (AvgIpc) is 2.30. The molecule has 2 N–H and O–H groups in total. The topological polar surface area (TPSA) is 26.0 Å². The minimum atomic E-state index is 0.600. The van der Waals surface area contributed by atoms with Crippen LogP contribution in [-0.2, 0) is 6.54 Å². The second-order valence-corrected chi connectivity index (χ2v) is 3.19. The lowest BCUT2D eigenvalue weighted by atomic mass is 10.0. The van der Waals surface area contributed by atoms with Crippen LogP contribution in [-0.4, -0.2) is 0 Å². The molecule has 0 bridgehead atoms. The van der Waals surface area contributed by atoms with E-state index in [0.29, 0.717) is 6.54 Å². The summed E-state index contributed by atoms with van der Waals surface area (Å²) in [5.41, 5.74) is 9.13. The van der Waals surface area contributed by atoms with Crippen molar-refractivity contribution in [3.63, 3.8) is 0 Å². The number of hydrogen-bond acceptors (Lipinski definition) is 1. The van der Waals surface area contributed by atoms with E-state index in [9.17, 15) is 0 Å². The fourth-order valence-electron chi connectivity index (χ4n) is 1.41. The van der Waals surface area contributed by atoms with Gasteiger partial charge in [-0.3, -0.25) is 0 Å². The van der Waals surface area contributed by atoms with E-state index in [1.54, 1.807) is 0 Å². The Kier molecular flexibility index (Phi) is 2.61. The summed E-state index contributed by atoms with van der Waals surface area (Å²) < 4.78 is 0. The van der Waals surface area contributed by atoms with E-state index < -0.39 is 0 Å². The van der Waals surface area contributed by atoms with E-state index in [-0.39, 0.29) is 0 Å². The molecule has 0 saturated heterocycles. The van der Waals surface area contributed by atoms with Gasteiger partial charge in [-0.1, -0.05) is 48.5 Å². The van der Waals surface area contributed by atoms with Crippen LogP contribution in [0.25, 0.3) is 11.1 Å². The summed E-state index contributed by atoms with van der Waals surface area (Å²) in [6.45, 7) is 0.600. The Morgan fingerprint density at radius 3 is 2.00 bits per heavy atom. The van der Waals surface area contributed by atoms with Gasteiger partial charge in [0, 0.05) is 6.54 Å². The molecule has 1 nitrogen and oxygen atoms in total. The minimum Gasteiger partial charge on any atom is -0.326 e. The van der Waals surface area contributed by atoms with Crippen LogP contribution in [0.4, 0.5) is 0 Å². The van der Waals surface area contributed by atoms with Crippen molar-refractivity contribution in [2.45, 2.75) is 6.54 Å². The zero-order valence-electron chi connectivity index (χ0n) is 7.90. The molecule has 0 saturated carbocycles. The predicted octanol–water partition coefficient (Wildman–Crippen LogP) is 2.61. The molecule has 2 aromatic carbocycles. The highest BCUT2D eigenvalue weighted by Gasteiger charge is 1.95. The standard InChI is InChI=1S/C13H12N/c14-10-11-6-8-13(9-7-11)12-4-2-1-3-5-12/h2-9H,10,14H2. The number of benzene rings is 2. The summed E-state index contributed by atoms with van der Waals surface area (Å²) in [7, 11) is 0. The lowest BCUT2D eigenvalue weighted by molar-refractivity contribution is 1.07. The summed E-state index contributed by atoms with van der Waals surface area (Å²) in [5.74, 6) is 0. The van der Waals surface area contributed by atoms with Gasteiger partial charge in [0.1, 0.15) is 0 Å². The Labute approximate surface area is 84.2 Å². The molecule has 0 heterocycles. The van der Waals surface area contributed by atoms with Crippen LogP contribution in [0.2, 0.25) is 0 Å². The molecule has 0 spiro atoms. The van der Waals surface area contributed by atoms with Crippen LogP contribution >= 0.6 is 0 Å². The Morgan fingerprint density at radius 1 is 0.857 bits per heavy atom. The van der Waals surface area contributed by atoms with Crippen molar-refractivity contribution >= 4 is 0 Å². The highest BCUT2D eigenvalue weighted by Crippen LogP contribution is 2.18. The molecule has 0 atom stereocenters. The molecule has 2 aromatic rings. The van der Waals surface area contributed by atoms with Gasteiger partial charge in [-0.15, -0.1) is 0 Å². The zero-order valence-corrected chi connectivity index (χ0v) is 7.90. The van der Waals surface area contributed by atoms with E-state index >= 15 is 0 Å². The quantitative estimate of drug-likeness (QED) is 0.759. The van der Waals surface area contributed by atoms with E-state index in [0.717, 1.165) is 5.56 Å². The SMILES string of the molecule is NCc1ccc(-c2cc[c]cc2)cc1. The minimum absolute atomic E-state index is 0.600. The molecular weight excluding hydrogens is 170 g/mol. The number of hydrogen-bond donors (Lipinski definition) is 1. The molecule has 1 heteroatoms. The summed E-state index contributed by atoms with van der Waals surface area (Å²) in [6.07, 6.45) is 0. The van der Waals surface area contributed by atoms with E-state index in [4.69, 9.17) is 5.73 Å². The van der Waals surface area contributed by atoms with E-state index in [2.05, 4.69) is 42.5 Å². The molecule has 0 unspecified atom stereocenters. The van der Waals surface area contributed by atoms with Gasteiger partial charge in [-0.05, 0) is 22.8 Å². The molecule has 69 valence electrons. The molecule has 0 aromatic heterocycles. The van der Waals surface area contributed by atoms with Crippen LogP contribution in [0.3, 0.4) is 0 Å². The first-order valence-corrected chi connectivity index (χ1v) is 4.65. The zero-order chi connectivity index (χ0) is 9.80. The highest BCUT2D eigenvalue weighted by atomic mass is 14.5. The summed E-state index contributed by atoms with van der Waals surface area (Å²) in [4.78, 5) is 0. The van der Waals surface area contributed by atoms with Crippen molar-refractivity contribution in [2.75, 3.05) is 0 Å². The van der Waals surface area contributed by atoms with Crippen LogP contribution in [0.1, 0.15) is 5.56 Å². The molecule has 1 radical (unpaired) electrons. The van der Waals surface area contributed by atoms with Crippen LogP contribution in [0, 0.1) is 6.07 Å². The number of nitrogens with two attached hydrogens (primary N) is 1. The van der Waals surface area contributed by atoms with Crippen molar-refractivity contribution < 1.29 is 0 Å². The first-order valence-electron chi connectivity index (χ1n) is 4.65. The van der Waals surface area contributed by atoms with Crippen molar-refractivity contribution in [1.82, 2.24) is 0 Å². The van der Waals surface area contributed by atoms with Gasteiger partial charge in [-0.25, -0.2) is 0 Å². The third-order valence-electron chi connectivity index (χ3n) is 2.24. The van der Waals surface area contributed by atoms with Gasteiger partial charge in [0.2, 0.25) is 0 Å². The molecule has 2 rings (SSSR count). The first kappa shape index (κ1) is 8.97. The lowest BCUT2D eigenvalue weighted by Crippen LogP contribution is -1.95. The fraction of sp³-hybridized carbons (Fsp3) is 0.0769. The average molecular weight is 182 g/mol. The molecule has 0 aliphatic heterocycles. The fourth-order valence-corrected chi connectivity index (χ4v) is 1.41. The maximum absolute atomic E-state index is 5.53. The van der Waals surface area contributed by atoms with Gasteiger partial charge in [0.15, 0.2) is 0 Å². The number of rotatable bonds is 2. The third-order valence-corrected chi connectivity index (χ3v) is 2.24. The predicted molar refractivity (Wildman–Crippen MR) is 58.6 cm³/mol. The van der Waals surface area contributed by atoms with Gasteiger partial charge in [0.05, 0.1) is 0 Å². The maximum atomic E-state index is 5.53. The molecular formula is C13H12N. The van der Waals surface area contributed by atoms with Gasteiger partial charge in [-0.2, -0.15) is 0 Å². The van der Waals surface area contributed by atoms with Crippen molar-refractivity contribution in [3.05, 3.63) is 60.2 Å². The molecule has 0 amide bonds. The highest BCUT2D eigenvalue weighted by molar-refractivity contribution is 5.63. The maximum Gasteiger partial charge on any atom is 0.0178 e. The van der Waals surface area contributed by atoms with Crippen LogP contribution in [0.15, 0.2) is 48.5 Å². The Balaban J connectivity index is 2.34. The van der Waals surface area contributed by atoms with Crippen molar-refractivity contribution in [3.8, 4) is 11.1 Å². The normalized spacial score (nSPS) is 10.1.